The Hall–Kier alpha value is -1.22. The number of ether oxygens (including phenoxy) is 2. The van der Waals surface area contributed by atoms with Gasteiger partial charge >= 0.3 is 0 Å². The molecule has 2 aliphatic rings. The van der Waals surface area contributed by atoms with E-state index in [0.717, 1.165) is 31.0 Å². The largest absolute Gasteiger partial charge is 0.454 e. The van der Waals surface area contributed by atoms with Crippen LogP contribution in [0.1, 0.15) is 31.7 Å². The molecule has 2 aliphatic heterocycles. The Morgan fingerprint density at radius 3 is 2.78 bits per heavy atom. The molecule has 0 atom stereocenters. The van der Waals surface area contributed by atoms with E-state index in [9.17, 15) is 0 Å². The second-order valence-corrected chi connectivity index (χ2v) is 5.75. The van der Waals surface area contributed by atoms with Crippen molar-refractivity contribution in [2.45, 2.75) is 32.6 Å². The van der Waals surface area contributed by atoms with Crippen molar-refractivity contribution in [3.8, 4) is 11.5 Å². The summed E-state index contributed by atoms with van der Waals surface area (Å²) in [5.74, 6) is 1.79. The fourth-order valence-corrected chi connectivity index (χ4v) is 2.82. The van der Waals surface area contributed by atoms with E-state index in [1.165, 1.54) is 24.8 Å². The van der Waals surface area contributed by atoms with Crippen LogP contribution in [0, 0.1) is 5.41 Å². The van der Waals surface area contributed by atoms with Crippen molar-refractivity contribution in [3.63, 3.8) is 0 Å². The highest BCUT2D eigenvalue weighted by atomic mass is 16.7. The first kappa shape index (κ1) is 11.8. The molecule has 98 valence electrons. The minimum atomic E-state index is 0.363. The summed E-state index contributed by atoms with van der Waals surface area (Å²) in [6.45, 7) is 5.11. The van der Waals surface area contributed by atoms with Gasteiger partial charge in [0, 0.05) is 0 Å². The Kier molecular flexibility index (Phi) is 3.16. The number of aryl methyl sites for hydroxylation is 1. The summed E-state index contributed by atoms with van der Waals surface area (Å²) in [6.07, 6.45) is 4.97. The summed E-state index contributed by atoms with van der Waals surface area (Å²) in [6, 6.07) is 6.33. The zero-order valence-corrected chi connectivity index (χ0v) is 11.0. The number of piperidine rings is 1. The van der Waals surface area contributed by atoms with Crippen molar-refractivity contribution in [1.29, 1.82) is 0 Å². The van der Waals surface area contributed by atoms with Crippen molar-refractivity contribution in [2.75, 3.05) is 19.9 Å². The van der Waals surface area contributed by atoms with Crippen molar-refractivity contribution >= 4 is 0 Å². The van der Waals surface area contributed by atoms with E-state index in [4.69, 9.17) is 9.47 Å². The van der Waals surface area contributed by atoms with Gasteiger partial charge in [0.05, 0.1) is 0 Å². The lowest BCUT2D eigenvalue weighted by atomic mass is 9.76. The number of fused-ring (bicyclic) bond motifs is 1. The van der Waals surface area contributed by atoms with Gasteiger partial charge in [0.1, 0.15) is 0 Å². The minimum Gasteiger partial charge on any atom is -0.454 e. The molecule has 0 bridgehead atoms. The molecule has 3 nitrogen and oxygen atoms in total. The van der Waals surface area contributed by atoms with E-state index >= 15 is 0 Å². The van der Waals surface area contributed by atoms with Gasteiger partial charge in [0.25, 0.3) is 0 Å². The second kappa shape index (κ2) is 4.81. The van der Waals surface area contributed by atoms with Crippen molar-refractivity contribution in [3.05, 3.63) is 23.8 Å². The summed E-state index contributed by atoms with van der Waals surface area (Å²) >= 11 is 0. The van der Waals surface area contributed by atoms with Gasteiger partial charge in [-0.05, 0) is 61.9 Å². The molecule has 0 unspecified atom stereocenters. The molecule has 3 rings (SSSR count). The van der Waals surface area contributed by atoms with E-state index in [1.54, 1.807) is 0 Å². The Bertz CT molecular complexity index is 425. The Labute approximate surface area is 108 Å². The molecule has 1 aromatic carbocycles. The fraction of sp³-hybridized carbons (Fsp3) is 0.600. The first-order valence-electron chi connectivity index (χ1n) is 6.84. The smallest absolute Gasteiger partial charge is 0.231 e. The normalized spacial score (nSPS) is 20.9. The molecule has 0 amide bonds. The highest BCUT2D eigenvalue weighted by Gasteiger charge is 2.26. The predicted molar refractivity (Wildman–Crippen MR) is 71.1 cm³/mol. The van der Waals surface area contributed by atoms with Gasteiger partial charge in [-0.2, -0.15) is 0 Å². The van der Waals surface area contributed by atoms with Crippen LogP contribution in [-0.2, 0) is 6.42 Å². The van der Waals surface area contributed by atoms with Crippen molar-refractivity contribution in [1.82, 2.24) is 5.32 Å². The standard InChI is InChI=1S/C15H21NO2/c1-15(6-8-16-9-7-15)5-4-12-2-3-13-14(10-12)18-11-17-13/h2-3,10,16H,4-9,11H2,1H3. The van der Waals surface area contributed by atoms with Crippen LogP contribution in [0.5, 0.6) is 11.5 Å². The molecule has 1 N–H and O–H groups in total. The fourth-order valence-electron chi connectivity index (χ4n) is 2.82. The monoisotopic (exact) mass is 247 g/mol. The molecular formula is C15H21NO2. The van der Waals surface area contributed by atoms with E-state index in [1.807, 2.05) is 6.07 Å². The summed E-state index contributed by atoms with van der Waals surface area (Å²) in [7, 11) is 0. The lowest BCUT2D eigenvalue weighted by molar-refractivity contribution is 0.174. The maximum atomic E-state index is 5.42. The van der Waals surface area contributed by atoms with Crippen LogP contribution in [-0.4, -0.2) is 19.9 Å². The van der Waals surface area contributed by atoms with Gasteiger partial charge in [-0.15, -0.1) is 0 Å². The maximum Gasteiger partial charge on any atom is 0.231 e. The molecule has 0 spiro atoms. The van der Waals surface area contributed by atoms with Crippen LogP contribution in [0.25, 0.3) is 0 Å². The molecule has 18 heavy (non-hydrogen) atoms. The van der Waals surface area contributed by atoms with Crippen LogP contribution >= 0.6 is 0 Å². The lowest BCUT2D eigenvalue weighted by Gasteiger charge is -2.34. The van der Waals surface area contributed by atoms with E-state index in [-0.39, 0.29) is 0 Å². The zero-order valence-electron chi connectivity index (χ0n) is 11.0. The molecule has 1 saturated heterocycles. The van der Waals surface area contributed by atoms with E-state index in [0.29, 0.717) is 12.2 Å². The SMILES string of the molecule is CC1(CCc2ccc3c(c2)OCO3)CCNCC1. The van der Waals surface area contributed by atoms with Gasteiger partial charge < -0.3 is 14.8 Å². The lowest BCUT2D eigenvalue weighted by Crippen LogP contribution is -2.34. The number of hydrogen-bond donors (Lipinski definition) is 1. The molecule has 2 heterocycles. The van der Waals surface area contributed by atoms with Gasteiger partial charge in [-0.25, -0.2) is 0 Å². The van der Waals surface area contributed by atoms with Crippen molar-refractivity contribution in [2.24, 2.45) is 5.41 Å². The summed E-state index contributed by atoms with van der Waals surface area (Å²) in [4.78, 5) is 0. The first-order valence-corrected chi connectivity index (χ1v) is 6.84. The number of nitrogens with one attached hydrogen (secondary N) is 1. The van der Waals surface area contributed by atoms with E-state index in [2.05, 4.69) is 24.4 Å². The molecule has 0 aromatic heterocycles. The average Bonchev–Trinajstić information content (AvgIpc) is 2.85. The van der Waals surface area contributed by atoms with Gasteiger partial charge in [0.15, 0.2) is 11.5 Å². The average molecular weight is 247 g/mol. The molecule has 0 saturated carbocycles. The van der Waals surface area contributed by atoms with Gasteiger partial charge in [-0.3, -0.25) is 0 Å². The van der Waals surface area contributed by atoms with E-state index < -0.39 is 0 Å². The Balaban J connectivity index is 1.62. The van der Waals surface area contributed by atoms with Crippen LogP contribution in [0.15, 0.2) is 18.2 Å². The molecule has 0 radical (unpaired) electrons. The molecule has 1 fully saturated rings. The molecule has 3 heteroatoms. The highest BCUT2D eigenvalue weighted by molar-refractivity contribution is 5.44. The summed E-state index contributed by atoms with van der Waals surface area (Å²) in [5, 5.41) is 3.44. The number of rotatable bonds is 3. The second-order valence-electron chi connectivity index (χ2n) is 5.75. The molecule has 0 aliphatic carbocycles. The third kappa shape index (κ3) is 2.46. The quantitative estimate of drug-likeness (QED) is 0.891. The number of benzene rings is 1. The molecule has 1 aromatic rings. The molecular weight excluding hydrogens is 226 g/mol. The van der Waals surface area contributed by atoms with Crippen LogP contribution in [0.2, 0.25) is 0 Å². The number of hydrogen-bond acceptors (Lipinski definition) is 3. The highest BCUT2D eigenvalue weighted by Crippen LogP contribution is 2.36. The topological polar surface area (TPSA) is 30.5 Å². The summed E-state index contributed by atoms with van der Waals surface area (Å²) < 4.78 is 10.8. The zero-order chi connectivity index (χ0) is 12.4. The maximum absolute atomic E-state index is 5.42. The van der Waals surface area contributed by atoms with Gasteiger partial charge in [0.2, 0.25) is 6.79 Å². The summed E-state index contributed by atoms with van der Waals surface area (Å²) in [5.41, 5.74) is 1.86. The van der Waals surface area contributed by atoms with Crippen molar-refractivity contribution < 1.29 is 9.47 Å². The predicted octanol–water partition coefficient (Wildman–Crippen LogP) is 2.74. The van der Waals surface area contributed by atoms with Crippen LogP contribution < -0.4 is 14.8 Å². The van der Waals surface area contributed by atoms with Gasteiger partial charge in [-0.1, -0.05) is 13.0 Å². The van der Waals surface area contributed by atoms with Crippen LogP contribution in [0.4, 0.5) is 0 Å². The third-order valence-electron chi connectivity index (χ3n) is 4.26. The Morgan fingerprint density at radius 2 is 1.94 bits per heavy atom. The third-order valence-corrected chi connectivity index (χ3v) is 4.26. The Morgan fingerprint density at radius 1 is 1.17 bits per heavy atom. The first-order chi connectivity index (χ1) is 8.75. The van der Waals surface area contributed by atoms with Crippen LogP contribution in [0.3, 0.4) is 0 Å². The minimum absolute atomic E-state index is 0.363.